The Bertz CT molecular complexity index is 933. The fraction of sp³-hybridized carbons (Fsp3) is 0.364. The van der Waals surface area contributed by atoms with Crippen molar-refractivity contribution in [3.8, 4) is 5.75 Å². The smallest absolute Gasteiger partial charge is 0.260 e. The number of para-hydroxylation sites is 1. The van der Waals surface area contributed by atoms with Gasteiger partial charge in [-0.2, -0.15) is 0 Å². The van der Waals surface area contributed by atoms with Crippen LogP contribution < -0.4 is 10.1 Å². The minimum Gasteiger partial charge on any atom is -0.483 e. The summed E-state index contributed by atoms with van der Waals surface area (Å²) in [5.41, 5.74) is 0.729. The molecule has 0 radical (unpaired) electrons. The molecule has 5 nitrogen and oxygen atoms in total. The van der Waals surface area contributed by atoms with Crippen LogP contribution in [0.25, 0.3) is 0 Å². The zero-order valence-corrected chi connectivity index (χ0v) is 18.1. The Labute approximate surface area is 185 Å². The molecule has 160 valence electrons. The summed E-state index contributed by atoms with van der Waals surface area (Å²) in [6.07, 6.45) is 2.58. The summed E-state index contributed by atoms with van der Waals surface area (Å²) < 4.78 is 19.6. The number of hydrogen-bond acceptors (Lipinski definition) is 3. The molecule has 2 aromatic carbocycles. The molecular weight excluding hydrogens is 430 g/mol. The lowest BCUT2D eigenvalue weighted by Crippen LogP contribution is -2.33. The van der Waals surface area contributed by atoms with Crippen LogP contribution in [0.5, 0.6) is 5.75 Å². The summed E-state index contributed by atoms with van der Waals surface area (Å²) >= 11 is 11.8. The first-order chi connectivity index (χ1) is 14.4. The topological polar surface area (TPSA) is 58.6 Å². The Kier molecular flexibility index (Phi) is 7.56. The number of nitrogens with one attached hydrogen (secondary N) is 1. The molecule has 1 heterocycles. The predicted octanol–water partition coefficient (Wildman–Crippen LogP) is 5.01. The number of benzene rings is 2. The van der Waals surface area contributed by atoms with E-state index in [-0.39, 0.29) is 28.1 Å². The largest absolute Gasteiger partial charge is 0.483 e. The van der Waals surface area contributed by atoms with Gasteiger partial charge in [-0.25, -0.2) is 4.39 Å². The summed E-state index contributed by atoms with van der Waals surface area (Å²) in [4.78, 5) is 26.8. The maximum absolute atomic E-state index is 13.8. The van der Waals surface area contributed by atoms with Crippen molar-refractivity contribution in [3.63, 3.8) is 0 Å². The van der Waals surface area contributed by atoms with Gasteiger partial charge in [-0.15, -0.1) is 0 Å². The van der Waals surface area contributed by atoms with Gasteiger partial charge in [-0.3, -0.25) is 9.59 Å². The highest BCUT2D eigenvalue weighted by atomic mass is 35.5. The highest BCUT2D eigenvalue weighted by molar-refractivity contribution is 6.36. The number of ether oxygens (including phenoxy) is 1. The molecule has 0 aromatic heterocycles. The van der Waals surface area contributed by atoms with Gasteiger partial charge in [0.15, 0.2) is 6.61 Å². The van der Waals surface area contributed by atoms with Crippen LogP contribution in [0.1, 0.15) is 48.1 Å². The van der Waals surface area contributed by atoms with Crippen LogP contribution in [-0.4, -0.2) is 36.4 Å². The molecule has 1 fully saturated rings. The first-order valence-corrected chi connectivity index (χ1v) is 10.6. The molecule has 0 aliphatic carbocycles. The quantitative estimate of drug-likeness (QED) is 0.600. The van der Waals surface area contributed by atoms with E-state index in [0.29, 0.717) is 12.2 Å². The van der Waals surface area contributed by atoms with Gasteiger partial charge in [-0.05, 0) is 37.5 Å². The third kappa shape index (κ3) is 5.24. The van der Waals surface area contributed by atoms with Gasteiger partial charge >= 0.3 is 0 Å². The molecule has 1 saturated heterocycles. The average Bonchev–Trinajstić information content (AvgIpc) is 3.28. The van der Waals surface area contributed by atoms with E-state index in [1.54, 1.807) is 17.0 Å². The molecule has 1 unspecified atom stereocenters. The van der Waals surface area contributed by atoms with Crippen molar-refractivity contribution in [1.29, 1.82) is 0 Å². The molecule has 1 N–H and O–H groups in total. The Morgan fingerprint density at radius 3 is 2.57 bits per heavy atom. The standard InChI is InChI=1S/C22H23Cl2FN2O3/c1-2-19(26-22(29)15-11-18(25)17(24)12-16(15)23)14-7-3-4-8-20(14)30-13-21(28)27-9-5-6-10-27/h3-4,7-8,11-12,19H,2,5-6,9-10,13H2,1H3,(H,26,29). The summed E-state index contributed by atoms with van der Waals surface area (Å²) in [5, 5.41) is 2.78. The monoisotopic (exact) mass is 452 g/mol. The first kappa shape index (κ1) is 22.4. The summed E-state index contributed by atoms with van der Waals surface area (Å²) in [5.74, 6) is -0.776. The van der Waals surface area contributed by atoms with E-state index in [2.05, 4.69) is 5.32 Å². The van der Waals surface area contributed by atoms with Gasteiger partial charge in [0, 0.05) is 18.7 Å². The molecule has 0 bridgehead atoms. The van der Waals surface area contributed by atoms with Crippen LogP contribution in [0, 0.1) is 5.82 Å². The Morgan fingerprint density at radius 2 is 1.87 bits per heavy atom. The minimum atomic E-state index is -0.719. The van der Waals surface area contributed by atoms with E-state index in [1.165, 1.54) is 6.07 Å². The molecule has 30 heavy (non-hydrogen) atoms. The number of nitrogens with zero attached hydrogens (tertiary/aromatic N) is 1. The maximum atomic E-state index is 13.8. The summed E-state index contributed by atoms with van der Waals surface area (Å²) in [6.45, 7) is 3.36. The van der Waals surface area contributed by atoms with Crippen molar-refractivity contribution in [2.24, 2.45) is 0 Å². The number of amides is 2. The van der Waals surface area contributed by atoms with Crippen LogP contribution in [0.2, 0.25) is 10.0 Å². The fourth-order valence-electron chi connectivity index (χ4n) is 3.43. The van der Waals surface area contributed by atoms with Crippen LogP contribution in [0.3, 0.4) is 0 Å². The van der Waals surface area contributed by atoms with E-state index < -0.39 is 17.8 Å². The molecular formula is C22H23Cl2FN2O3. The number of carbonyl (C=O) groups excluding carboxylic acids is 2. The first-order valence-electron chi connectivity index (χ1n) is 9.85. The molecule has 3 rings (SSSR count). The van der Waals surface area contributed by atoms with Crippen molar-refractivity contribution in [1.82, 2.24) is 10.2 Å². The molecule has 1 atom stereocenters. The second-order valence-corrected chi connectivity index (χ2v) is 7.91. The molecule has 2 aromatic rings. The van der Waals surface area contributed by atoms with Crippen molar-refractivity contribution in [2.75, 3.05) is 19.7 Å². The van der Waals surface area contributed by atoms with Crippen molar-refractivity contribution in [3.05, 3.63) is 63.4 Å². The van der Waals surface area contributed by atoms with Gasteiger partial charge in [-0.1, -0.05) is 48.3 Å². The predicted molar refractivity (Wildman–Crippen MR) is 115 cm³/mol. The van der Waals surface area contributed by atoms with Gasteiger partial charge in [0.2, 0.25) is 0 Å². The van der Waals surface area contributed by atoms with E-state index in [1.807, 2.05) is 19.1 Å². The normalized spacial score (nSPS) is 14.5. The number of rotatable bonds is 7. The number of hydrogen-bond donors (Lipinski definition) is 1. The Balaban J connectivity index is 1.74. The Morgan fingerprint density at radius 1 is 1.17 bits per heavy atom. The fourth-order valence-corrected chi connectivity index (χ4v) is 3.90. The minimum absolute atomic E-state index is 0.000345. The lowest BCUT2D eigenvalue weighted by Gasteiger charge is -2.22. The lowest BCUT2D eigenvalue weighted by molar-refractivity contribution is -0.132. The maximum Gasteiger partial charge on any atom is 0.260 e. The number of halogens is 3. The number of carbonyl (C=O) groups is 2. The lowest BCUT2D eigenvalue weighted by atomic mass is 10.0. The molecule has 2 amide bonds. The third-order valence-electron chi connectivity index (χ3n) is 5.07. The van der Waals surface area contributed by atoms with Gasteiger partial charge in [0.25, 0.3) is 11.8 Å². The summed E-state index contributed by atoms with van der Waals surface area (Å²) in [7, 11) is 0. The number of likely N-dealkylation sites (tertiary alicyclic amines) is 1. The van der Waals surface area contributed by atoms with Gasteiger partial charge in [0.1, 0.15) is 11.6 Å². The van der Waals surface area contributed by atoms with Crippen LogP contribution in [0.4, 0.5) is 4.39 Å². The molecule has 0 spiro atoms. The van der Waals surface area contributed by atoms with E-state index in [0.717, 1.165) is 37.6 Å². The van der Waals surface area contributed by atoms with Crippen molar-refractivity contribution in [2.45, 2.75) is 32.2 Å². The van der Waals surface area contributed by atoms with E-state index >= 15 is 0 Å². The van der Waals surface area contributed by atoms with E-state index in [4.69, 9.17) is 27.9 Å². The summed E-state index contributed by atoms with van der Waals surface area (Å²) in [6, 6.07) is 9.03. The molecule has 0 saturated carbocycles. The SMILES string of the molecule is CCC(NC(=O)c1cc(F)c(Cl)cc1Cl)c1ccccc1OCC(=O)N1CCCC1. The average molecular weight is 453 g/mol. The van der Waals surface area contributed by atoms with Crippen LogP contribution >= 0.6 is 23.2 Å². The van der Waals surface area contributed by atoms with Crippen molar-refractivity contribution >= 4 is 35.0 Å². The molecule has 1 aliphatic heterocycles. The van der Waals surface area contributed by atoms with Gasteiger partial charge < -0.3 is 15.0 Å². The highest BCUT2D eigenvalue weighted by Gasteiger charge is 2.22. The molecule has 1 aliphatic rings. The zero-order valence-electron chi connectivity index (χ0n) is 16.6. The molecule has 8 heteroatoms. The highest BCUT2D eigenvalue weighted by Crippen LogP contribution is 2.29. The second-order valence-electron chi connectivity index (χ2n) is 7.09. The third-order valence-corrected chi connectivity index (χ3v) is 5.67. The van der Waals surface area contributed by atoms with Crippen LogP contribution in [0.15, 0.2) is 36.4 Å². The van der Waals surface area contributed by atoms with Gasteiger partial charge in [0.05, 0.1) is 21.7 Å². The zero-order chi connectivity index (χ0) is 21.7. The van der Waals surface area contributed by atoms with Crippen molar-refractivity contribution < 1.29 is 18.7 Å². The van der Waals surface area contributed by atoms with Crippen LogP contribution in [-0.2, 0) is 4.79 Å². The Hall–Kier alpha value is -2.31. The van der Waals surface area contributed by atoms with E-state index in [9.17, 15) is 14.0 Å². The second kappa shape index (κ2) is 10.1.